The minimum Gasteiger partial charge on any atom is -0.399 e. The maximum absolute atomic E-state index is 5.94. The van der Waals surface area contributed by atoms with Crippen LogP contribution in [0, 0.1) is 0 Å². The molecule has 0 aliphatic heterocycles. The smallest absolute Gasteiger partial charge is 0.0909 e. The van der Waals surface area contributed by atoms with Crippen LogP contribution in [0.4, 0.5) is 16.4 Å². The molecule has 3 nitrogen and oxygen atoms in total. The lowest BCUT2D eigenvalue weighted by atomic mass is 10.1. The van der Waals surface area contributed by atoms with Gasteiger partial charge in [0.2, 0.25) is 0 Å². The molecule has 1 heterocycles. The van der Waals surface area contributed by atoms with Gasteiger partial charge in [0.1, 0.15) is 0 Å². The van der Waals surface area contributed by atoms with Crippen molar-refractivity contribution in [3.05, 3.63) is 30.3 Å². The molecule has 0 aliphatic rings. The lowest BCUT2D eigenvalue weighted by Crippen LogP contribution is -2.05. The second kappa shape index (κ2) is 4.06. The molecular formula is C12H15N3S. The SMILES string of the molecule is CN(C)c1ccc(-c2cc(N)ccc2N)s1. The third kappa shape index (κ3) is 1.97. The summed E-state index contributed by atoms with van der Waals surface area (Å²) in [4.78, 5) is 3.23. The van der Waals surface area contributed by atoms with Gasteiger partial charge in [0, 0.05) is 35.9 Å². The Balaban J connectivity index is 2.46. The molecule has 4 N–H and O–H groups in total. The Kier molecular flexibility index (Phi) is 2.75. The predicted octanol–water partition coefficient (Wildman–Crippen LogP) is 2.65. The number of hydrogen-bond donors (Lipinski definition) is 2. The van der Waals surface area contributed by atoms with Crippen molar-refractivity contribution < 1.29 is 0 Å². The molecule has 0 fully saturated rings. The van der Waals surface area contributed by atoms with Crippen LogP contribution < -0.4 is 16.4 Å². The standard InChI is InChI=1S/C12H15N3S/c1-15(2)12-6-5-11(16-12)9-7-8(13)3-4-10(9)14/h3-7H,13-14H2,1-2H3. The Hall–Kier alpha value is -1.68. The molecule has 0 saturated carbocycles. The first-order chi connectivity index (χ1) is 7.58. The molecule has 4 heteroatoms. The Morgan fingerprint density at radius 2 is 1.81 bits per heavy atom. The van der Waals surface area contributed by atoms with E-state index in [4.69, 9.17) is 11.5 Å². The number of thiophene rings is 1. The van der Waals surface area contributed by atoms with E-state index in [1.807, 2.05) is 32.3 Å². The largest absolute Gasteiger partial charge is 0.399 e. The number of nitrogens with two attached hydrogens (primary N) is 2. The van der Waals surface area contributed by atoms with Gasteiger partial charge in [-0.05, 0) is 30.3 Å². The van der Waals surface area contributed by atoms with Crippen molar-refractivity contribution in [2.45, 2.75) is 0 Å². The van der Waals surface area contributed by atoms with E-state index in [0.29, 0.717) is 0 Å². The van der Waals surface area contributed by atoms with Crippen molar-refractivity contribution in [1.29, 1.82) is 0 Å². The van der Waals surface area contributed by atoms with Crippen molar-refractivity contribution in [2.24, 2.45) is 0 Å². The first kappa shape index (κ1) is 10.8. The zero-order chi connectivity index (χ0) is 11.7. The van der Waals surface area contributed by atoms with Crippen molar-refractivity contribution in [1.82, 2.24) is 0 Å². The molecule has 1 aromatic heterocycles. The molecule has 0 saturated heterocycles. The van der Waals surface area contributed by atoms with Gasteiger partial charge in [-0.15, -0.1) is 11.3 Å². The van der Waals surface area contributed by atoms with Crippen LogP contribution in [0.2, 0.25) is 0 Å². The molecule has 0 atom stereocenters. The highest BCUT2D eigenvalue weighted by atomic mass is 32.1. The summed E-state index contributed by atoms with van der Waals surface area (Å²) < 4.78 is 0. The van der Waals surface area contributed by atoms with Gasteiger partial charge in [-0.3, -0.25) is 0 Å². The summed E-state index contributed by atoms with van der Waals surface area (Å²) in [6.45, 7) is 0. The van der Waals surface area contributed by atoms with E-state index >= 15 is 0 Å². The molecule has 2 rings (SSSR count). The van der Waals surface area contributed by atoms with Gasteiger partial charge < -0.3 is 16.4 Å². The van der Waals surface area contributed by atoms with Gasteiger partial charge in [0.15, 0.2) is 0 Å². The van der Waals surface area contributed by atoms with E-state index in [0.717, 1.165) is 21.8 Å². The Labute approximate surface area is 99.3 Å². The topological polar surface area (TPSA) is 55.3 Å². The maximum Gasteiger partial charge on any atom is 0.0909 e. The first-order valence-corrected chi connectivity index (χ1v) is 5.82. The van der Waals surface area contributed by atoms with Gasteiger partial charge in [0.25, 0.3) is 0 Å². The van der Waals surface area contributed by atoms with E-state index in [9.17, 15) is 0 Å². The van der Waals surface area contributed by atoms with Crippen LogP contribution in [-0.2, 0) is 0 Å². The average Bonchev–Trinajstić information content (AvgIpc) is 2.70. The summed E-state index contributed by atoms with van der Waals surface area (Å²) in [6.07, 6.45) is 0. The van der Waals surface area contributed by atoms with E-state index < -0.39 is 0 Å². The van der Waals surface area contributed by atoms with Gasteiger partial charge in [-0.25, -0.2) is 0 Å². The summed E-state index contributed by atoms with van der Waals surface area (Å²) in [5.74, 6) is 0. The minimum absolute atomic E-state index is 0.740. The van der Waals surface area contributed by atoms with Crippen LogP contribution in [0.1, 0.15) is 0 Å². The summed E-state index contributed by atoms with van der Waals surface area (Å²) in [5, 5.41) is 1.21. The number of anilines is 3. The molecule has 16 heavy (non-hydrogen) atoms. The average molecular weight is 233 g/mol. The third-order valence-corrected chi connectivity index (χ3v) is 3.66. The highest BCUT2D eigenvalue weighted by Crippen LogP contribution is 2.36. The van der Waals surface area contributed by atoms with Crippen molar-refractivity contribution >= 4 is 27.7 Å². The second-order valence-corrected chi connectivity index (χ2v) is 4.94. The van der Waals surface area contributed by atoms with Gasteiger partial charge >= 0.3 is 0 Å². The Morgan fingerprint density at radius 1 is 1.06 bits per heavy atom. The number of rotatable bonds is 2. The monoisotopic (exact) mass is 233 g/mol. The van der Waals surface area contributed by atoms with Crippen molar-refractivity contribution in [2.75, 3.05) is 30.5 Å². The fourth-order valence-corrected chi connectivity index (χ4v) is 2.47. The highest BCUT2D eigenvalue weighted by Gasteiger charge is 2.07. The third-order valence-electron chi connectivity index (χ3n) is 2.38. The van der Waals surface area contributed by atoms with E-state index in [1.54, 1.807) is 11.3 Å². The molecule has 1 aromatic carbocycles. The van der Waals surface area contributed by atoms with Crippen LogP contribution in [0.15, 0.2) is 30.3 Å². The van der Waals surface area contributed by atoms with Crippen molar-refractivity contribution in [3.8, 4) is 10.4 Å². The first-order valence-electron chi connectivity index (χ1n) is 5.00. The fourth-order valence-electron chi connectivity index (χ4n) is 1.50. The number of benzene rings is 1. The molecule has 0 radical (unpaired) electrons. The van der Waals surface area contributed by atoms with E-state index in [2.05, 4.69) is 17.0 Å². The molecular weight excluding hydrogens is 218 g/mol. The predicted molar refractivity (Wildman–Crippen MR) is 72.9 cm³/mol. The summed E-state index contributed by atoms with van der Waals surface area (Å²) in [6, 6.07) is 9.74. The summed E-state index contributed by atoms with van der Waals surface area (Å²) in [5.41, 5.74) is 14.2. The van der Waals surface area contributed by atoms with Crippen LogP contribution in [0.3, 0.4) is 0 Å². The maximum atomic E-state index is 5.94. The Bertz CT molecular complexity index is 503. The van der Waals surface area contributed by atoms with Crippen molar-refractivity contribution in [3.63, 3.8) is 0 Å². The van der Waals surface area contributed by atoms with Gasteiger partial charge in [0.05, 0.1) is 5.00 Å². The number of nitrogens with zero attached hydrogens (tertiary/aromatic N) is 1. The Morgan fingerprint density at radius 3 is 2.44 bits per heavy atom. The van der Waals surface area contributed by atoms with Gasteiger partial charge in [-0.1, -0.05) is 0 Å². The minimum atomic E-state index is 0.740. The molecule has 0 spiro atoms. The van der Waals surface area contributed by atoms with E-state index in [1.165, 1.54) is 5.00 Å². The second-order valence-electron chi connectivity index (χ2n) is 3.88. The zero-order valence-electron chi connectivity index (χ0n) is 9.40. The van der Waals surface area contributed by atoms with Crippen LogP contribution >= 0.6 is 11.3 Å². The van der Waals surface area contributed by atoms with Crippen LogP contribution in [0.5, 0.6) is 0 Å². The zero-order valence-corrected chi connectivity index (χ0v) is 10.2. The molecule has 0 aliphatic carbocycles. The number of nitrogen functional groups attached to an aromatic ring is 2. The quantitative estimate of drug-likeness (QED) is 0.784. The number of hydrogen-bond acceptors (Lipinski definition) is 4. The lowest BCUT2D eigenvalue weighted by Gasteiger charge is -2.08. The molecule has 0 amide bonds. The van der Waals surface area contributed by atoms with Gasteiger partial charge in [-0.2, -0.15) is 0 Å². The summed E-state index contributed by atoms with van der Waals surface area (Å²) >= 11 is 1.71. The molecule has 2 aromatic rings. The molecule has 0 bridgehead atoms. The lowest BCUT2D eigenvalue weighted by molar-refractivity contribution is 1.16. The van der Waals surface area contributed by atoms with E-state index in [-0.39, 0.29) is 0 Å². The molecule has 0 unspecified atom stereocenters. The normalized spacial score (nSPS) is 10.4. The summed E-state index contributed by atoms with van der Waals surface area (Å²) in [7, 11) is 4.05. The highest BCUT2D eigenvalue weighted by molar-refractivity contribution is 7.19. The fraction of sp³-hybridized carbons (Fsp3) is 0.167. The van der Waals surface area contributed by atoms with Crippen LogP contribution in [-0.4, -0.2) is 14.1 Å². The molecule has 84 valence electrons. The van der Waals surface area contributed by atoms with Crippen LogP contribution in [0.25, 0.3) is 10.4 Å².